The number of nitrogens with zero attached hydrogens (tertiary/aromatic N) is 3. The smallest absolute Gasteiger partial charge is 0.148 e. The number of para-hydroxylation sites is 1. The number of fused-ring (bicyclic) bond motifs is 1. The van der Waals surface area contributed by atoms with Gasteiger partial charge in [-0.3, -0.25) is 0 Å². The summed E-state index contributed by atoms with van der Waals surface area (Å²) in [4.78, 5) is 3.35. The molecule has 1 aliphatic rings. The second-order valence-corrected chi connectivity index (χ2v) is 7.08. The molecule has 0 N–H and O–H groups in total. The van der Waals surface area contributed by atoms with Gasteiger partial charge in [-0.15, -0.1) is 10.2 Å². The van der Waals surface area contributed by atoms with Gasteiger partial charge in [-0.05, 0) is 36.4 Å². The van der Waals surface area contributed by atoms with E-state index in [0.717, 1.165) is 27.7 Å². The van der Waals surface area contributed by atoms with Crippen LogP contribution in [0.1, 0.15) is 5.56 Å². The largest absolute Gasteiger partial charge is 0.497 e. The van der Waals surface area contributed by atoms with E-state index in [1.807, 2.05) is 48.5 Å². The molecule has 0 saturated heterocycles. The second-order valence-electron chi connectivity index (χ2n) is 6.05. The predicted octanol–water partition coefficient (Wildman–Crippen LogP) is 6.35. The zero-order valence-corrected chi connectivity index (χ0v) is 16.0. The Bertz CT molecular complexity index is 998. The Morgan fingerprint density at radius 1 is 0.815 bits per heavy atom. The third-order valence-electron chi connectivity index (χ3n) is 4.35. The van der Waals surface area contributed by atoms with Gasteiger partial charge in [0.05, 0.1) is 24.2 Å². The number of thioether (sulfide) groups is 1. The molecular weight excluding hydrogens is 354 g/mol. The molecule has 4 rings (SSSR count). The summed E-state index contributed by atoms with van der Waals surface area (Å²) in [5.74, 6) is 0.804. The van der Waals surface area contributed by atoms with Crippen LogP contribution < -0.4 is 9.64 Å². The average molecular weight is 373 g/mol. The Balaban J connectivity index is 1.76. The van der Waals surface area contributed by atoms with Crippen LogP contribution >= 0.6 is 11.8 Å². The molecule has 0 saturated carbocycles. The van der Waals surface area contributed by atoms with Crippen LogP contribution in [0.25, 0.3) is 5.70 Å². The maximum absolute atomic E-state index is 5.20. The molecule has 134 valence electrons. The van der Waals surface area contributed by atoms with Crippen LogP contribution in [0.5, 0.6) is 5.75 Å². The highest BCUT2D eigenvalue weighted by Gasteiger charge is 2.24. The number of methoxy groups -OCH3 is 1. The van der Waals surface area contributed by atoms with Gasteiger partial charge in [-0.25, -0.2) is 0 Å². The van der Waals surface area contributed by atoms with E-state index in [-0.39, 0.29) is 0 Å². The minimum absolute atomic E-state index is 0.790. The topological polar surface area (TPSA) is 37.2 Å². The van der Waals surface area contributed by atoms with Crippen molar-refractivity contribution in [2.75, 3.05) is 19.1 Å². The molecule has 0 aliphatic carbocycles. The van der Waals surface area contributed by atoms with Crippen LogP contribution in [0.15, 0.2) is 99.0 Å². The number of azo groups is 1. The normalized spacial score (nSPS) is 13.8. The summed E-state index contributed by atoms with van der Waals surface area (Å²) in [5.41, 5.74) is 4.13. The summed E-state index contributed by atoms with van der Waals surface area (Å²) >= 11 is 1.64. The SMILES string of the molecule is COc1ccc(N=NC2=C(c3ccccc3)N(C)c3ccccc3S2)cc1. The summed E-state index contributed by atoms with van der Waals surface area (Å²) in [7, 11) is 3.73. The van der Waals surface area contributed by atoms with E-state index in [9.17, 15) is 0 Å². The van der Waals surface area contributed by atoms with Gasteiger partial charge in [0.25, 0.3) is 0 Å². The first-order valence-electron chi connectivity index (χ1n) is 8.62. The number of hydrogen-bond donors (Lipinski definition) is 0. The van der Waals surface area contributed by atoms with Crippen molar-refractivity contribution >= 4 is 28.8 Å². The average Bonchev–Trinajstić information content (AvgIpc) is 2.73. The second kappa shape index (κ2) is 7.68. The van der Waals surface area contributed by atoms with Gasteiger partial charge >= 0.3 is 0 Å². The molecule has 27 heavy (non-hydrogen) atoms. The zero-order valence-electron chi connectivity index (χ0n) is 15.2. The lowest BCUT2D eigenvalue weighted by Gasteiger charge is -2.30. The lowest BCUT2D eigenvalue weighted by Crippen LogP contribution is -2.19. The van der Waals surface area contributed by atoms with E-state index < -0.39 is 0 Å². The summed E-state index contributed by atoms with van der Waals surface area (Å²) in [6, 6.07) is 26.2. The van der Waals surface area contributed by atoms with Gasteiger partial charge in [0.15, 0.2) is 0 Å². The van der Waals surface area contributed by atoms with Gasteiger partial charge in [0.1, 0.15) is 10.8 Å². The molecule has 0 unspecified atom stereocenters. The number of ether oxygens (including phenoxy) is 1. The Labute approximate surface area is 163 Å². The van der Waals surface area contributed by atoms with Gasteiger partial charge in [-0.2, -0.15) is 0 Å². The molecule has 0 aromatic heterocycles. The third-order valence-corrected chi connectivity index (χ3v) is 5.38. The van der Waals surface area contributed by atoms with E-state index >= 15 is 0 Å². The highest BCUT2D eigenvalue weighted by Crippen LogP contribution is 2.46. The van der Waals surface area contributed by atoms with Gasteiger partial charge in [-0.1, -0.05) is 54.2 Å². The van der Waals surface area contributed by atoms with Crippen molar-refractivity contribution in [1.82, 2.24) is 0 Å². The quantitative estimate of drug-likeness (QED) is 0.500. The van der Waals surface area contributed by atoms with Crippen molar-refractivity contribution in [3.05, 3.63) is 89.5 Å². The predicted molar refractivity (Wildman–Crippen MR) is 112 cm³/mol. The minimum atomic E-state index is 0.790. The van der Waals surface area contributed by atoms with Crippen LogP contribution in [0.2, 0.25) is 0 Å². The van der Waals surface area contributed by atoms with E-state index in [1.54, 1.807) is 18.9 Å². The fourth-order valence-corrected chi connectivity index (χ4v) is 4.07. The van der Waals surface area contributed by atoms with Crippen molar-refractivity contribution in [2.45, 2.75) is 4.90 Å². The van der Waals surface area contributed by atoms with Crippen LogP contribution in [0, 0.1) is 0 Å². The first-order chi connectivity index (χ1) is 13.3. The Hall–Kier alpha value is -3.05. The summed E-state index contributed by atoms with van der Waals surface area (Å²) in [6.07, 6.45) is 0. The number of rotatable bonds is 4. The lowest BCUT2D eigenvalue weighted by atomic mass is 10.1. The lowest BCUT2D eigenvalue weighted by molar-refractivity contribution is 0.415. The Morgan fingerprint density at radius 3 is 2.26 bits per heavy atom. The standard InChI is InChI=1S/C22H19N3OS/c1-25-19-10-6-7-11-20(19)27-22(21(25)16-8-4-3-5-9-16)24-23-17-12-14-18(26-2)15-13-17/h3-15H,1-2H3. The third kappa shape index (κ3) is 3.59. The monoisotopic (exact) mass is 373 g/mol. The van der Waals surface area contributed by atoms with Gasteiger partial charge < -0.3 is 9.64 Å². The van der Waals surface area contributed by atoms with E-state index in [0.29, 0.717) is 0 Å². The van der Waals surface area contributed by atoms with Crippen molar-refractivity contribution in [1.29, 1.82) is 0 Å². The Kier molecular flexibility index (Phi) is 4.94. The highest BCUT2D eigenvalue weighted by atomic mass is 32.2. The van der Waals surface area contributed by atoms with Crippen LogP contribution in [0.4, 0.5) is 11.4 Å². The number of benzene rings is 3. The number of hydrogen-bond acceptors (Lipinski definition) is 5. The molecule has 0 radical (unpaired) electrons. The molecule has 1 aliphatic heterocycles. The van der Waals surface area contributed by atoms with Gasteiger partial charge in [0, 0.05) is 17.5 Å². The molecule has 4 nitrogen and oxygen atoms in total. The molecule has 0 amide bonds. The van der Waals surface area contributed by atoms with Gasteiger partial charge in [0.2, 0.25) is 0 Å². The fourth-order valence-electron chi connectivity index (χ4n) is 2.97. The molecule has 0 spiro atoms. The van der Waals surface area contributed by atoms with E-state index in [2.05, 4.69) is 52.5 Å². The summed E-state index contributed by atoms with van der Waals surface area (Å²) < 4.78 is 5.20. The summed E-state index contributed by atoms with van der Waals surface area (Å²) in [5, 5.41) is 9.93. The Morgan fingerprint density at radius 2 is 1.52 bits per heavy atom. The van der Waals surface area contributed by atoms with Crippen molar-refractivity contribution in [3.8, 4) is 5.75 Å². The van der Waals surface area contributed by atoms with Crippen molar-refractivity contribution in [3.63, 3.8) is 0 Å². The molecule has 5 heteroatoms. The van der Waals surface area contributed by atoms with Crippen molar-refractivity contribution < 1.29 is 4.74 Å². The fraction of sp³-hybridized carbons (Fsp3) is 0.0909. The van der Waals surface area contributed by atoms with Crippen LogP contribution in [-0.2, 0) is 0 Å². The maximum atomic E-state index is 5.20. The molecular formula is C22H19N3OS. The minimum Gasteiger partial charge on any atom is -0.497 e. The van der Waals surface area contributed by atoms with Crippen LogP contribution in [-0.4, -0.2) is 14.2 Å². The highest BCUT2D eigenvalue weighted by molar-refractivity contribution is 8.03. The number of anilines is 1. The molecule has 0 bridgehead atoms. The summed E-state index contributed by atoms with van der Waals surface area (Å²) in [6.45, 7) is 0. The zero-order chi connectivity index (χ0) is 18.6. The molecule has 0 fully saturated rings. The van der Waals surface area contributed by atoms with Crippen LogP contribution in [0.3, 0.4) is 0 Å². The maximum Gasteiger partial charge on any atom is 0.148 e. The molecule has 0 atom stereocenters. The van der Waals surface area contributed by atoms with E-state index in [1.165, 1.54) is 10.6 Å². The molecule has 1 heterocycles. The first kappa shape index (κ1) is 17.4. The molecule has 3 aromatic carbocycles. The molecule has 3 aromatic rings. The van der Waals surface area contributed by atoms with Crippen molar-refractivity contribution in [2.24, 2.45) is 10.2 Å². The first-order valence-corrected chi connectivity index (χ1v) is 9.44. The van der Waals surface area contributed by atoms with E-state index in [4.69, 9.17) is 4.74 Å².